The molecule has 8 heteroatoms. The van der Waals surface area contributed by atoms with E-state index in [0.29, 0.717) is 16.5 Å². The number of ether oxygens (including phenoxy) is 1. The topological polar surface area (TPSA) is 68.2 Å². The maximum atomic E-state index is 12.4. The molecule has 0 saturated carbocycles. The van der Waals surface area contributed by atoms with E-state index >= 15 is 0 Å². The average Bonchev–Trinajstić information content (AvgIpc) is 3.10. The minimum Gasteiger partial charge on any atom is -0.465 e. The minimum atomic E-state index is -0.304. The van der Waals surface area contributed by atoms with E-state index < -0.39 is 0 Å². The maximum Gasteiger partial charge on any atom is 0.341 e. The SMILES string of the molecule is COC(=O)c1c(NC(=S)Nc2ccn(C)n2)sc2c1CCCCCC2. The van der Waals surface area contributed by atoms with Gasteiger partial charge in [-0.1, -0.05) is 12.8 Å². The number of methoxy groups -OCH3 is 1. The van der Waals surface area contributed by atoms with E-state index in [4.69, 9.17) is 17.0 Å². The van der Waals surface area contributed by atoms with Gasteiger partial charge in [0.15, 0.2) is 10.9 Å². The fraction of sp³-hybridized carbons (Fsp3) is 0.471. The first kappa shape index (κ1) is 17.9. The lowest BCUT2D eigenvalue weighted by Gasteiger charge is -2.11. The van der Waals surface area contributed by atoms with Gasteiger partial charge in [-0.25, -0.2) is 4.79 Å². The molecule has 0 unspecified atom stereocenters. The number of thiocarbonyl (C=S) groups is 1. The van der Waals surface area contributed by atoms with Gasteiger partial charge in [-0.3, -0.25) is 4.68 Å². The average molecular weight is 379 g/mol. The van der Waals surface area contributed by atoms with E-state index in [2.05, 4.69) is 15.7 Å². The number of nitrogens with zero attached hydrogens (tertiary/aromatic N) is 2. The Morgan fingerprint density at radius 2 is 2.04 bits per heavy atom. The summed E-state index contributed by atoms with van der Waals surface area (Å²) in [5.41, 5.74) is 1.76. The third kappa shape index (κ3) is 4.19. The van der Waals surface area contributed by atoms with Gasteiger partial charge in [0, 0.05) is 24.2 Å². The summed E-state index contributed by atoms with van der Waals surface area (Å²) in [6.45, 7) is 0. The van der Waals surface area contributed by atoms with Gasteiger partial charge in [-0.2, -0.15) is 5.10 Å². The predicted molar refractivity (Wildman–Crippen MR) is 105 cm³/mol. The van der Waals surface area contributed by atoms with E-state index in [9.17, 15) is 4.79 Å². The second-order valence-corrected chi connectivity index (χ2v) is 7.58. The van der Waals surface area contributed by atoms with Gasteiger partial charge >= 0.3 is 5.97 Å². The van der Waals surface area contributed by atoms with Crippen LogP contribution in [-0.4, -0.2) is 28.0 Å². The summed E-state index contributed by atoms with van der Waals surface area (Å²) in [7, 11) is 3.26. The monoisotopic (exact) mass is 378 g/mol. The number of aryl methyl sites for hydroxylation is 2. The summed E-state index contributed by atoms with van der Waals surface area (Å²) in [4.78, 5) is 13.6. The number of anilines is 2. The van der Waals surface area contributed by atoms with Crippen LogP contribution >= 0.6 is 23.6 Å². The molecule has 0 aromatic carbocycles. The lowest BCUT2D eigenvalue weighted by atomic mass is 9.96. The molecular formula is C17H22N4O2S2. The van der Waals surface area contributed by atoms with Gasteiger partial charge in [0.1, 0.15) is 5.00 Å². The van der Waals surface area contributed by atoms with Crippen LogP contribution in [0.25, 0.3) is 0 Å². The van der Waals surface area contributed by atoms with Crippen molar-refractivity contribution in [3.8, 4) is 0 Å². The molecule has 134 valence electrons. The van der Waals surface area contributed by atoms with Gasteiger partial charge in [0.25, 0.3) is 0 Å². The van der Waals surface area contributed by atoms with Crippen LogP contribution in [0.2, 0.25) is 0 Å². The van der Waals surface area contributed by atoms with Gasteiger partial charge in [0.05, 0.1) is 12.7 Å². The van der Waals surface area contributed by atoms with Crippen molar-refractivity contribution in [2.24, 2.45) is 7.05 Å². The molecule has 0 radical (unpaired) electrons. The van der Waals surface area contributed by atoms with Crippen LogP contribution in [0.1, 0.15) is 46.5 Å². The molecule has 0 bridgehead atoms. The van der Waals surface area contributed by atoms with Crippen molar-refractivity contribution >= 4 is 45.5 Å². The van der Waals surface area contributed by atoms with Crippen molar-refractivity contribution in [2.45, 2.75) is 38.5 Å². The molecular weight excluding hydrogens is 356 g/mol. The fourth-order valence-corrected chi connectivity index (χ4v) is 4.61. The Morgan fingerprint density at radius 3 is 2.72 bits per heavy atom. The summed E-state index contributed by atoms with van der Waals surface area (Å²) in [5.74, 6) is 0.357. The first-order chi connectivity index (χ1) is 12.1. The van der Waals surface area contributed by atoms with Crippen molar-refractivity contribution < 1.29 is 9.53 Å². The van der Waals surface area contributed by atoms with Gasteiger partial charge < -0.3 is 15.4 Å². The van der Waals surface area contributed by atoms with Gasteiger partial charge in [-0.15, -0.1) is 11.3 Å². The van der Waals surface area contributed by atoms with Crippen LogP contribution in [0, 0.1) is 0 Å². The fourth-order valence-electron chi connectivity index (χ4n) is 3.06. The lowest BCUT2D eigenvalue weighted by molar-refractivity contribution is 0.0601. The number of hydrogen-bond acceptors (Lipinski definition) is 5. The van der Waals surface area contributed by atoms with Crippen molar-refractivity contribution in [1.82, 2.24) is 9.78 Å². The Bertz CT molecular complexity index is 782. The zero-order valence-corrected chi connectivity index (χ0v) is 16.1. The third-order valence-electron chi connectivity index (χ3n) is 4.24. The quantitative estimate of drug-likeness (QED) is 0.626. The molecule has 1 aliphatic carbocycles. The highest BCUT2D eigenvalue weighted by atomic mass is 32.1. The molecule has 2 N–H and O–H groups in total. The molecule has 0 saturated heterocycles. The molecule has 0 atom stereocenters. The summed E-state index contributed by atoms with van der Waals surface area (Å²) < 4.78 is 6.72. The molecule has 3 rings (SSSR count). The second-order valence-electron chi connectivity index (χ2n) is 6.07. The zero-order chi connectivity index (χ0) is 17.8. The van der Waals surface area contributed by atoms with Gasteiger partial charge in [0.2, 0.25) is 0 Å². The Kier molecular flexibility index (Phi) is 5.70. The first-order valence-electron chi connectivity index (χ1n) is 8.39. The molecule has 0 spiro atoms. The highest BCUT2D eigenvalue weighted by molar-refractivity contribution is 7.80. The van der Waals surface area contributed by atoms with Crippen molar-refractivity contribution in [3.63, 3.8) is 0 Å². The Morgan fingerprint density at radius 1 is 1.28 bits per heavy atom. The predicted octanol–water partition coefficient (Wildman–Crippen LogP) is 3.74. The Balaban J connectivity index is 1.85. The molecule has 0 amide bonds. The maximum absolute atomic E-state index is 12.4. The highest BCUT2D eigenvalue weighted by Gasteiger charge is 2.25. The van der Waals surface area contributed by atoms with Crippen LogP contribution in [0.15, 0.2) is 12.3 Å². The number of rotatable bonds is 3. The second kappa shape index (κ2) is 7.97. The van der Waals surface area contributed by atoms with Crippen LogP contribution in [-0.2, 0) is 24.6 Å². The van der Waals surface area contributed by atoms with E-state index in [1.807, 2.05) is 19.3 Å². The minimum absolute atomic E-state index is 0.304. The van der Waals surface area contributed by atoms with Crippen molar-refractivity contribution in [3.05, 3.63) is 28.3 Å². The van der Waals surface area contributed by atoms with E-state index in [1.54, 1.807) is 16.0 Å². The number of carbonyl (C=O) groups is 1. The van der Waals surface area contributed by atoms with Crippen LogP contribution in [0.4, 0.5) is 10.8 Å². The van der Waals surface area contributed by atoms with Crippen molar-refractivity contribution in [2.75, 3.05) is 17.7 Å². The molecule has 0 fully saturated rings. The summed E-state index contributed by atoms with van der Waals surface area (Å²) in [6.07, 6.45) is 8.46. The van der Waals surface area contributed by atoms with Crippen LogP contribution in [0.5, 0.6) is 0 Å². The lowest BCUT2D eigenvalue weighted by Crippen LogP contribution is -2.20. The smallest absolute Gasteiger partial charge is 0.341 e. The molecule has 2 aromatic rings. The largest absolute Gasteiger partial charge is 0.465 e. The number of hydrogen-bond donors (Lipinski definition) is 2. The molecule has 0 aliphatic heterocycles. The van der Waals surface area contributed by atoms with Gasteiger partial charge in [-0.05, 0) is 43.5 Å². The molecule has 2 aromatic heterocycles. The van der Waals surface area contributed by atoms with E-state index in [0.717, 1.165) is 36.2 Å². The van der Waals surface area contributed by atoms with Crippen molar-refractivity contribution in [1.29, 1.82) is 0 Å². The van der Waals surface area contributed by atoms with E-state index in [1.165, 1.54) is 24.8 Å². The Labute approximate surface area is 156 Å². The van der Waals surface area contributed by atoms with E-state index in [-0.39, 0.29) is 5.97 Å². The standard InChI is InChI=1S/C17H22N4O2S2/c1-21-10-9-13(20-21)18-17(24)19-15-14(16(22)23-2)11-7-5-3-4-6-8-12(11)25-15/h9-10H,3-8H2,1-2H3,(H2,18,19,20,24). The number of thiophene rings is 1. The molecule has 2 heterocycles. The van der Waals surface area contributed by atoms with Crippen LogP contribution in [0.3, 0.4) is 0 Å². The third-order valence-corrected chi connectivity index (χ3v) is 5.65. The number of nitrogens with one attached hydrogen (secondary N) is 2. The molecule has 6 nitrogen and oxygen atoms in total. The number of aromatic nitrogens is 2. The van der Waals surface area contributed by atoms with Crippen LogP contribution < -0.4 is 10.6 Å². The normalized spacial score (nSPS) is 14.2. The summed E-state index contributed by atoms with van der Waals surface area (Å²) in [5, 5.41) is 11.6. The number of esters is 1. The summed E-state index contributed by atoms with van der Waals surface area (Å²) in [6, 6.07) is 1.84. The number of fused-ring (bicyclic) bond motifs is 1. The molecule has 25 heavy (non-hydrogen) atoms. The number of carbonyl (C=O) groups excluding carboxylic acids is 1. The Hall–Kier alpha value is -1.93. The summed E-state index contributed by atoms with van der Waals surface area (Å²) >= 11 is 6.99. The first-order valence-corrected chi connectivity index (χ1v) is 9.61. The zero-order valence-electron chi connectivity index (χ0n) is 14.4. The highest BCUT2D eigenvalue weighted by Crippen LogP contribution is 2.37. The molecule has 1 aliphatic rings.